The predicted molar refractivity (Wildman–Crippen MR) is 133 cm³/mol. The molecular weight excluding hydrogens is 415 g/mol. The monoisotopic (exact) mass is 438 g/mol. The molecule has 0 amide bonds. The maximum absolute atomic E-state index is 13.7. The highest BCUT2D eigenvalue weighted by Gasteiger charge is 2.26. The van der Waals surface area contributed by atoms with E-state index in [9.17, 15) is 9.59 Å². The summed E-state index contributed by atoms with van der Waals surface area (Å²) in [5.41, 5.74) is 0.815. The average Bonchev–Trinajstić information content (AvgIpc) is 2.88. The van der Waals surface area contributed by atoms with E-state index in [1.165, 1.54) is 7.11 Å². The van der Waals surface area contributed by atoms with Crippen molar-refractivity contribution >= 4 is 40.3 Å². The Hall–Kier alpha value is -3.68. The predicted octanol–water partition coefficient (Wildman–Crippen LogP) is 4.45. The summed E-state index contributed by atoms with van der Waals surface area (Å²) >= 11 is 0. The van der Waals surface area contributed by atoms with Crippen LogP contribution in [-0.4, -0.2) is 24.7 Å². The fourth-order valence-electron chi connectivity index (χ4n) is 3.83. The van der Waals surface area contributed by atoms with E-state index in [2.05, 4.69) is 36.4 Å². The number of hydrogen-bond donors (Lipinski definition) is 0. The van der Waals surface area contributed by atoms with Gasteiger partial charge in [-0.1, -0.05) is 103 Å². The Morgan fingerprint density at radius 2 is 1.06 bits per heavy atom. The summed E-state index contributed by atoms with van der Waals surface area (Å²) in [6, 6.07) is 37.2. The van der Waals surface area contributed by atoms with Gasteiger partial charge in [0, 0.05) is 5.56 Å². The summed E-state index contributed by atoms with van der Waals surface area (Å²) in [5.74, 6) is 1.28. The van der Waals surface area contributed by atoms with Gasteiger partial charge in [0.1, 0.15) is 0 Å². The first kappa shape index (κ1) is 21.5. The molecule has 4 heteroatoms. The van der Waals surface area contributed by atoms with Crippen molar-refractivity contribution in [3.63, 3.8) is 0 Å². The lowest BCUT2D eigenvalue weighted by Crippen LogP contribution is -2.28. The highest BCUT2D eigenvalue weighted by atomic mass is 31.2. The van der Waals surface area contributed by atoms with E-state index >= 15 is 0 Å². The van der Waals surface area contributed by atoms with Crippen LogP contribution in [0.1, 0.15) is 20.7 Å². The molecule has 0 N–H and O–H groups in total. The summed E-state index contributed by atoms with van der Waals surface area (Å²) in [4.78, 5) is 25.7. The van der Waals surface area contributed by atoms with Crippen LogP contribution in [-0.2, 0) is 4.74 Å². The zero-order valence-electron chi connectivity index (χ0n) is 17.7. The van der Waals surface area contributed by atoms with Crippen molar-refractivity contribution < 1.29 is 14.3 Å². The zero-order valence-corrected chi connectivity index (χ0v) is 18.6. The largest absolute Gasteiger partial charge is 0.465 e. The Kier molecular flexibility index (Phi) is 6.49. The molecule has 0 fully saturated rings. The molecule has 0 saturated heterocycles. The second-order valence-corrected chi connectivity index (χ2v) is 10.5. The van der Waals surface area contributed by atoms with E-state index in [1.807, 2.05) is 60.4 Å². The van der Waals surface area contributed by atoms with E-state index in [-0.39, 0.29) is 5.78 Å². The number of Topliss-reactive ketones (excluding diaryl/α,β-unsaturated/α-hetero) is 1. The molecule has 4 rings (SSSR count). The maximum atomic E-state index is 13.7. The summed E-state index contributed by atoms with van der Waals surface area (Å²) in [6.45, 7) is -2.41. The summed E-state index contributed by atoms with van der Waals surface area (Å²) in [7, 11) is 1.33. The minimum Gasteiger partial charge on any atom is -0.465 e. The number of methoxy groups -OCH3 is 1. The number of esters is 1. The third-order valence-electron chi connectivity index (χ3n) is 5.37. The number of carbonyl (C=O) groups excluding carboxylic acids is 2. The van der Waals surface area contributed by atoms with E-state index < -0.39 is 12.9 Å². The second kappa shape index (κ2) is 9.64. The van der Waals surface area contributed by atoms with Crippen LogP contribution in [0, 0.1) is 0 Å². The van der Waals surface area contributed by atoms with Gasteiger partial charge < -0.3 is 4.74 Å². The Balaban J connectivity index is 2.01. The maximum Gasteiger partial charge on any atom is 0.337 e. The minimum absolute atomic E-state index is 0.124. The fourth-order valence-corrected chi connectivity index (χ4v) is 7.60. The number of carbonyl (C=O) groups is 2. The highest BCUT2D eigenvalue weighted by molar-refractivity contribution is 7.95. The fraction of sp³-hybridized carbons (Fsp3) is 0.0357. The molecule has 0 spiro atoms. The first-order valence-electron chi connectivity index (χ1n) is 10.3. The average molecular weight is 438 g/mol. The molecule has 0 aromatic heterocycles. The van der Waals surface area contributed by atoms with Gasteiger partial charge in [-0.2, -0.15) is 0 Å². The van der Waals surface area contributed by atoms with Crippen LogP contribution in [0.4, 0.5) is 0 Å². The smallest absolute Gasteiger partial charge is 0.337 e. The number of rotatable bonds is 6. The standard InChI is InChI=1S/C28H23O3P/c1-31-28(30)23-13-11-12-22(20-23)27(29)21-32(24-14-5-2-6-15-24,25-16-7-3-8-17-25)26-18-9-4-10-19-26/h2-21H,1H3. The molecule has 0 aliphatic rings. The summed E-state index contributed by atoms with van der Waals surface area (Å²) < 4.78 is 4.83. The first-order chi connectivity index (χ1) is 15.6. The topological polar surface area (TPSA) is 43.4 Å². The van der Waals surface area contributed by atoms with Crippen LogP contribution in [0.25, 0.3) is 0 Å². The molecule has 0 heterocycles. The van der Waals surface area contributed by atoms with Crippen molar-refractivity contribution in [2.24, 2.45) is 0 Å². The van der Waals surface area contributed by atoms with Gasteiger partial charge in [0.25, 0.3) is 0 Å². The molecule has 0 atom stereocenters. The van der Waals surface area contributed by atoms with Gasteiger partial charge in [0.2, 0.25) is 0 Å². The Morgan fingerprint density at radius 3 is 1.50 bits per heavy atom. The lowest BCUT2D eigenvalue weighted by molar-refractivity contribution is 0.0600. The van der Waals surface area contributed by atoms with Crippen LogP contribution in [0.15, 0.2) is 115 Å². The van der Waals surface area contributed by atoms with Gasteiger partial charge in [-0.3, -0.25) is 4.79 Å². The number of benzene rings is 4. The van der Waals surface area contributed by atoms with Crippen LogP contribution in [0.2, 0.25) is 0 Å². The van der Waals surface area contributed by atoms with Gasteiger partial charge >= 0.3 is 5.97 Å². The third-order valence-corrected chi connectivity index (χ3v) is 9.33. The zero-order chi connectivity index (χ0) is 22.4. The Bertz CT molecular complexity index is 1180. The normalized spacial score (nSPS) is 10.9. The van der Waals surface area contributed by atoms with Crippen LogP contribution < -0.4 is 15.9 Å². The summed E-state index contributed by atoms with van der Waals surface area (Å²) in [6.07, 6.45) is 0. The van der Waals surface area contributed by atoms with Gasteiger partial charge in [0.15, 0.2) is 5.78 Å². The van der Waals surface area contributed by atoms with E-state index in [4.69, 9.17) is 4.74 Å². The molecule has 0 radical (unpaired) electrons. The SMILES string of the molecule is COC(=O)c1cccc(C(=O)C=P(c2ccccc2)(c2ccccc2)c2ccccc2)c1. The van der Waals surface area contributed by atoms with Crippen molar-refractivity contribution in [1.82, 2.24) is 0 Å². The number of hydrogen-bond acceptors (Lipinski definition) is 3. The van der Waals surface area contributed by atoms with Gasteiger partial charge in [-0.15, -0.1) is 0 Å². The first-order valence-corrected chi connectivity index (χ1v) is 12.1. The number of ether oxygens (including phenoxy) is 1. The van der Waals surface area contributed by atoms with Gasteiger partial charge in [-0.05, 0) is 40.7 Å². The lowest BCUT2D eigenvalue weighted by Gasteiger charge is -2.28. The van der Waals surface area contributed by atoms with Crippen molar-refractivity contribution in [3.05, 3.63) is 126 Å². The Labute approximate surface area is 188 Å². The molecule has 0 aliphatic carbocycles. The molecule has 32 heavy (non-hydrogen) atoms. The van der Waals surface area contributed by atoms with Gasteiger partial charge in [0.05, 0.1) is 12.7 Å². The lowest BCUT2D eigenvalue weighted by atomic mass is 10.1. The second-order valence-electron chi connectivity index (χ2n) is 7.30. The molecule has 3 nitrogen and oxygen atoms in total. The molecular formula is C28H23O3P. The Morgan fingerprint density at radius 1 is 0.625 bits per heavy atom. The van der Waals surface area contributed by atoms with E-state index in [0.29, 0.717) is 11.1 Å². The van der Waals surface area contributed by atoms with Gasteiger partial charge in [-0.25, -0.2) is 4.79 Å². The van der Waals surface area contributed by atoms with Crippen molar-refractivity contribution in [2.75, 3.05) is 7.11 Å². The van der Waals surface area contributed by atoms with Crippen molar-refractivity contribution in [1.29, 1.82) is 0 Å². The van der Waals surface area contributed by atoms with Crippen LogP contribution >= 0.6 is 6.89 Å². The number of ketones is 1. The molecule has 0 aliphatic heterocycles. The quantitative estimate of drug-likeness (QED) is 0.254. The van der Waals surface area contributed by atoms with E-state index in [0.717, 1.165) is 15.9 Å². The van der Waals surface area contributed by atoms with Crippen molar-refractivity contribution in [2.45, 2.75) is 0 Å². The highest BCUT2D eigenvalue weighted by Crippen LogP contribution is 2.43. The van der Waals surface area contributed by atoms with Crippen LogP contribution in [0.5, 0.6) is 0 Å². The van der Waals surface area contributed by atoms with E-state index in [1.54, 1.807) is 24.3 Å². The van der Waals surface area contributed by atoms with Crippen molar-refractivity contribution in [3.8, 4) is 0 Å². The molecule has 4 aromatic rings. The minimum atomic E-state index is -2.41. The molecule has 0 bridgehead atoms. The summed E-state index contributed by atoms with van der Waals surface area (Å²) in [5, 5.41) is 3.28. The van der Waals surface area contributed by atoms with Crippen LogP contribution in [0.3, 0.4) is 0 Å². The molecule has 0 saturated carbocycles. The molecule has 0 unspecified atom stereocenters. The molecule has 4 aromatic carbocycles. The molecule has 158 valence electrons. The third kappa shape index (κ3) is 4.21.